The van der Waals surface area contributed by atoms with Crippen LogP contribution in [0.3, 0.4) is 0 Å². The molecule has 0 unspecified atom stereocenters. The molecule has 6 heteroatoms. The van der Waals surface area contributed by atoms with E-state index in [1.807, 2.05) is 0 Å². The molecule has 0 saturated heterocycles. The van der Waals surface area contributed by atoms with Gasteiger partial charge in [-0.05, 0) is 12.8 Å². The lowest BCUT2D eigenvalue weighted by molar-refractivity contribution is 1.12. The summed E-state index contributed by atoms with van der Waals surface area (Å²) >= 11 is 2.55. The largest absolute Gasteiger partial charge is 0.173 e. The van der Waals surface area contributed by atoms with Crippen molar-refractivity contribution in [3.8, 4) is 0 Å². The summed E-state index contributed by atoms with van der Waals surface area (Å²) < 4.78 is 17.6. The molecule has 4 nitrogen and oxygen atoms in total. The number of rotatable bonds is 2. The summed E-state index contributed by atoms with van der Waals surface area (Å²) in [6, 6.07) is 0. The summed E-state index contributed by atoms with van der Waals surface area (Å²) in [6.45, 7) is 4.25. The second kappa shape index (κ2) is 3.71. The van der Waals surface area contributed by atoms with Gasteiger partial charge in [0.25, 0.3) is 0 Å². The molecular weight excluding hydrogens is 240 g/mol. The van der Waals surface area contributed by atoms with Crippen molar-refractivity contribution >= 4 is 45.5 Å². The molecule has 3 rings (SSSR count). The molecule has 2 heterocycles. The Morgan fingerprint density at radius 3 is 1.81 bits per heavy atom. The van der Waals surface area contributed by atoms with E-state index in [0.717, 1.165) is 35.2 Å². The van der Waals surface area contributed by atoms with E-state index in [2.05, 4.69) is 31.3 Å². The second-order valence-electron chi connectivity index (χ2n) is 3.59. The molecule has 0 bridgehead atoms. The third-order valence-corrected chi connectivity index (χ3v) is 3.88. The van der Waals surface area contributed by atoms with E-state index < -0.39 is 0 Å². The Bertz CT molecular complexity index is 588. The van der Waals surface area contributed by atoms with Crippen LogP contribution in [0.2, 0.25) is 0 Å². The normalized spacial score (nSPS) is 13.1. The average Bonchev–Trinajstić information content (AvgIpc) is 2.93. The average molecular weight is 250 g/mol. The van der Waals surface area contributed by atoms with Crippen LogP contribution >= 0.6 is 11.7 Å². The molecule has 82 valence electrons. The molecule has 2 aromatic rings. The minimum absolute atomic E-state index is 0.924. The van der Waals surface area contributed by atoms with E-state index in [1.165, 1.54) is 34.2 Å². The SMILES string of the molecule is CCc1c2c(c(CC)c3nsnc13)N=S=N2. The molecule has 1 aromatic carbocycles. The standard InChI is InChI=1S/C10H10N4S2/c1-3-5-7-9(13-15-11-7)6(4-2)10-8(5)12-16-14-10/h3-4H2,1-2H3. The molecule has 1 aliphatic heterocycles. The quantitative estimate of drug-likeness (QED) is 0.698. The molecule has 0 aliphatic carbocycles. The number of aromatic nitrogens is 2. The number of aryl methyl sites for hydroxylation is 2. The highest BCUT2D eigenvalue weighted by Crippen LogP contribution is 2.43. The Kier molecular flexibility index (Phi) is 2.33. The first-order chi connectivity index (χ1) is 7.86. The van der Waals surface area contributed by atoms with Gasteiger partial charge >= 0.3 is 0 Å². The van der Waals surface area contributed by atoms with Gasteiger partial charge in [-0.15, -0.1) is 0 Å². The Morgan fingerprint density at radius 1 is 0.875 bits per heavy atom. The molecule has 0 atom stereocenters. The van der Waals surface area contributed by atoms with E-state index in [0.29, 0.717) is 0 Å². The van der Waals surface area contributed by atoms with Crippen molar-refractivity contribution in [3.05, 3.63) is 11.1 Å². The fourth-order valence-electron chi connectivity index (χ4n) is 2.06. The zero-order valence-corrected chi connectivity index (χ0v) is 10.7. The first-order valence-corrected chi connectivity index (χ1v) is 6.71. The summed E-state index contributed by atoms with van der Waals surface area (Å²) in [6.07, 6.45) is 1.85. The Hall–Kier alpha value is -1.14. The van der Waals surface area contributed by atoms with Crippen LogP contribution in [0, 0.1) is 0 Å². The summed E-state index contributed by atoms with van der Waals surface area (Å²) in [5.41, 5.74) is 6.44. The number of fused-ring (bicyclic) bond motifs is 2. The maximum atomic E-state index is 4.40. The predicted molar refractivity (Wildman–Crippen MR) is 67.7 cm³/mol. The topological polar surface area (TPSA) is 50.5 Å². The summed E-state index contributed by atoms with van der Waals surface area (Å²) in [5.74, 6) is 0. The second-order valence-corrected chi connectivity index (χ2v) is 4.64. The van der Waals surface area contributed by atoms with Crippen molar-refractivity contribution in [1.82, 2.24) is 8.75 Å². The molecular formula is C10H10N4S2. The van der Waals surface area contributed by atoms with Crippen molar-refractivity contribution in [2.75, 3.05) is 0 Å². The molecule has 16 heavy (non-hydrogen) atoms. The van der Waals surface area contributed by atoms with Crippen LogP contribution in [-0.4, -0.2) is 8.75 Å². The number of hydrogen-bond acceptors (Lipinski definition) is 5. The molecule has 0 spiro atoms. The van der Waals surface area contributed by atoms with Crippen molar-refractivity contribution < 1.29 is 0 Å². The Morgan fingerprint density at radius 2 is 1.38 bits per heavy atom. The van der Waals surface area contributed by atoms with Crippen molar-refractivity contribution in [2.45, 2.75) is 26.7 Å². The lowest BCUT2D eigenvalue weighted by Crippen LogP contribution is -1.91. The first-order valence-electron chi connectivity index (χ1n) is 5.25. The molecule has 0 N–H and O–H groups in total. The Labute approximate surface area is 101 Å². The van der Waals surface area contributed by atoms with Gasteiger partial charge in [0.05, 0.1) is 23.1 Å². The van der Waals surface area contributed by atoms with Crippen molar-refractivity contribution in [1.29, 1.82) is 0 Å². The van der Waals surface area contributed by atoms with Crippen molar-refractivity contribution in [2.24, 2.45) is 8.73 Å². The van der Waals surface area contributed by atoms with E-state index >= 15 is 0 Å². The first kappa shape index (κ1) is 10.0. The van der Waals surface area contributed by atoms with Crippen LogP contribution in [-0.2, 0) is 24.2 Å². The van der Waals surface area contributed by atoms with Gasteiger partial charge in [0, 0.05) is 11.1 Å². The highest BCUT2D eigenvalue weighted by atomic mass is 32.1. The van der Waals surface area contributed by atoms with Gasteiger partial charge in [0.15, 0.2) is 0 Å². The zero-order chi connectivity index (χ0) is 11.1. The lowest BCUT2D eigenvalue weighted by atomic mass is 10.0. The monoisotopic (exact) mass is 250 g/mol. The number of benzene rings is 1. The van der Waals surface area contributed by atoms with Crippen LogP contribution in [0.15, 0.2) is 8.73 Å². The number of nitrogens with zero attached hydrogens (tertiary/aromatic N) is 4. The van der Waals surface area contributed by atoms with E-state index in [1.54, 1.807) is 0 Å². The summed E-state index contributed by atoms with van der Waals surface area (Å²) in [4.78, 5) is 0. The van der Waals surface area contributed by atoms with Crippen LogP contribution < -0.4 is 0 Å². The smallest absolute Gasteiger partial charge is 0.110 e. The summed E-state index contributed by atoms with van der Waals surface area (Å²) in [7, 11) is 0. The maximum Gasteiger partial charge on any atom is 0.110 e. The fraction of sp³-hybridized carbons (Fsp3) is 0.400. The molecule has 0 fully saturated rings. The van der Waals surface area contributed by atoms with Crippen LogP contribution in [0.4, 0.5) is 11.4 Å². The van der Waals surface area contributed by atoms with Gasteiger partial charge in [-0.1, -0.05) is 13.8 Å². The number of hydrogen-bond donors (Lipinski definition) is 0. The summed E-state index contributed by atoms with van der Waals surface area (Å²) in [5, 5.41) is 0. The van der Waals surface area contributed by atoms with Gasteiger partial charge in [0.2, 0.25) is 0 Å². The molecule has 0 saturated carbocycles. The predicted octanol–water partition coefficient (Wildman–Crippen LogP) is 3.54. The van der Waals surface area contributed by atoms with Gasteiger partial charge < -0.3 is 0 Å². The zero-order valence-electron chi connectivity index (χ0n) is 9.02. The van der Waals surface area contributed by atoms with Gasteiger partial charge in [-0.2, -0.15) is 17.5 Å². The van der Waals surface area contributed by atoms with E-state index in [-0.39, 0.29) is 0 Å². The van der Waals surface area contributed by atoms with Crippen molar-refractivity contribution in [3.63, 3.8) is 0 Å². The molecule has 1 aliphatic rings. The van der Waals surface area contributed by atoms with E-state index in [4.69, 9.17) is 0 Å². The minimum atomic E-state index is 0.924. The van der Waals surface area contributed by atoms with Crippen LogP contribution in [0.25, 0.3) is 11.0 Å². The highest BCUT2D eigenvalue weighted by molar-refractivity contribution is 7.58. The third kappa shape index (κ3) is 1.20. The fourth-order valence-corrected chi connectivity index (χ4v) is 3.26. The molecule has 0 amide bonds. The third-order valence-electron chi connectivity index (χ3n) is 2.83. The molecule has 1 aromatic heterocycles. The Balaban J connectivity index is 2.50. The highest BCUT2D eigenvalue weighted by Gasteiger charge is 2.21. The van der Waals surface area contributed by atoms with E-state index in [9.17, 15) is 0 Å². The van der Waals surface area contributed by atoms with Gasteiger partial charge in [0.1, 0.15) is 22.4 Å². The van der Waals surface area contributed by atoms with Gasteiger partial charge in [-0.25, -0.2) is 0 Å². The van der Waals surface area contributed by atoms with Crippen LogP contribution in [0.1, 0.15) is 25.0 Å². The maximum absolute atomic E-state index is 4.40. The van der Waals surface area contributed by atoms with Crippen LogP contribution in [0.5, 0.6) is 0 Å². The van der Waals surface area contributed by atoms with Gasteiger partial charge in [-0.3, -0.25) is 0 Å². The minimum Gasteiger partial charge on any atom is -0.173 e. The lowest BCUT2D eigenvalue weighted by Gasteiger charge is -2.08. The molecule has 0 radical (unpaired) electrons.